The molecular formula is C13H24N2O5. The van der Waals surface area contributed by atoms with Gasteiger partial charge in [0.05, 0.1) is 6.61 Å². The lowest BCUT2D eigenvalue weighted by Crippen LogP contribution is -2.39. The molecule has 7 nitrogen and oxygen atoms in total. The third-order valence-corrected chi connectivity index (χ3v) is 3.37. The summed E-state index contributed by atoms with van der Waals surface area (Å²) in [6, 6.07) is 0. The van der Waals surface area contributed by atoms with Crippen molar-refractivity contribution >= 4 is 6.09 Å². The van der Waals surface area contributed by atoms with E-state index in [1.54, 1.807) is 20.8 Å². The Balaban J connectivity index is 2.38. The third kappa shape index (κ3) is 6.58. The second-order valence-electron chi connectivity index (χ2n) is 6.21. The lowest BCUT2D eigenvalue weighted by atomic mass is 9.79. The highest BCUT2D eigenvalue weighted by Gasteiger charge is 2.27. The van der Waals surface area contributed by atoms with Crippen molar-refractivity contribution in [2.75, 3.05) is 13.2 Å². The molecule has 1 amide bonds. The summed E-state index contributed by atoms with van der Waals surface area (Å²) in [4.78, 5) is 26.3. The molecule has 0 radical (unpaired) electrons. The van der Waals surface area contributed by atoms with Crippen LogP contribution >= 0.6 is 0 Å². The molecule has 1 fully saturated rings. The summed E-state index contributed by atoms with van der Waals surface area (Å²) >= 11 is 0. The number of nitrogens with one attached hydrogen (secondary N) is 1. The maximum Gasteiger partial charge on any atom is 0.407 e. The van der Waals surface area contributed by atoms with Crippen LogP contribution in [0.15, 0.2) is 0 Å². The zero-order valence-corrected chi connectivity index (χ0v) is 12.4. The van der Waals surface area contributed by atoms with Crippen molar-refractivity contribution in [3.63, 3.8) is 0 Å². The van der Waals surface area contributed by atoms with Gasteiger partial charge in [-0.25, -0.2) is 4.79 Å². The summed E-state index contributed by atoms with van der Waals surface area (Å²) in [5.74, 6) is 0.320. The molecule has 0 spiro atoms. The average molecular weight is 288 g/mol. The van der Waals surface area contributed by atoms with E-state index in [0.717, 1.165) is 25.7 Å². The molecular weight excluding hydrogens is 264 g/mol. The van der Waals surface area contributed by atoms with E-state index in [1.165, 1.54) is 0 Å². The Labute approximate surface area is 119 Å². The lowest BCUT2D eigenvalue weighted by molar-refractivity contribution is -0.759. The predicted molar refractivity (Wildman–Crippen MR) is 72.6 cm³/mol. The summed E-state index contributed by atoms with van der Waals surface area (Å²) in [5.41, 5.74) is -0.523. The molecule has 20 heavy (non-hydrogen) atoms. The van der Waals surface area contributed by atoms with Crippen LogP contribution in [0.2, 0.25) is 0 Å². The highest BCUT2D eigenvalue weighted by Crippen LogP contribution is 2.29. The highest BCUT2D eigenvalue weighted by molar-refractivity contribution is 5.67. The second kappa shape index (κ2) is 7.31. The van der Waals surface area contributed by atoms with Crippen molar-refractivity contribution in [2.24, 2.45) is 11.8 Å². The fraction of sp³-hybridized carbons (Fsp3) is 0.923. The smallest absolute Gasteiger partial charge is 0.407 e. The molecule has 1 aliphatic rings. The average Bonchev–Trinajstić information content (AvgIpc) is 2.32. The van der Waals surface area contributed by atoms with Gasteiger partial charge in [0.2, 0.25) is 0 Å². The Morgan fingerprint density at radius 1 is 1.30 bits per heavy atom. The number of alkyl carbamates (subject to hydrolysis) is 1. The van der Waals surface area contributed by atoms with Crippen molar-refractivity contribution in [3.8, 4) is 0 Å². The molecule has 0 aliphatic heterocycles. The van der Waals surface area contributed by atoms with Crippen LogP contribution in [0, 0.1) is 22.0 Å². The normalized spacial score (nSPS) is 22.9. The Morgan fingerprint density at radius 3 is 2.45 bits per heavy atom. The zero-order valence-electron chi connectivity index (χ0n) is 12.4. The van der Waals surface area contributed by atoms with E-state index in [2.05, 4.69) is 10.2 Å². The first-order valence-corrected chi connectivity index (χ1v) is 7.02. The number of ether oxygens (including phenoxy) is 1. The number of carbonyl (C=O) groups excluding carboxylic acids is 1. The molecule has 2 atom stereocenters. The van der Waals surface area contributed by atoms with Crippen molar-refractivity contribution in [1.82, 2.24) is 5.32 Å². The maximum absolute atomic E-state index is 11.6. The molecule has 0 bridgehead atoms. The van der Waals surface area contributed by atoms with E-state index in [0.29, 0.717) is 6.54 Å². The molecule has 1 N–H and O–H groups in total. The molecule has 0 aromatic rings. The van der Waals surface area contributed by atoms with Crippen molar-refractivity contribution in [3.05, 3.63) is 10.1 Å². The largest absolute Gasteiger partial charge is 0.444 e. The van der Waals surface area contributed by atoms with Gasteiger partial charge in [-0.15, -0.1) is 10.1 Å². The van der Waals surface area contributed by atoms with Gasteiger partial charge in [-0.1, -0.05) is 12.8 Å². The Bertz CT molecular complexity index is 340. The van der Waals surface area contributed by atoms with Gasteiger partial charge in [-0.3, -0.25) is 0 Å². The Morgan fingerprint density at radius 2 is 1.90 bits per heavy atom. The van der Waals surface area contributed by atoms with E-state index in [1.807, 2.05) is 0 Å². The van der Waals surface area contributed by atoms with E-state index < -0.39 is 16.8 Å². The SMILES string of the molecule is CC(C)(C)OC(=O)NCC1CCCCC1CO[N+](=O)[O-]. The number of hydrogen-bond donors (Lipinski definition) is 1. The van der Waals surface area contributed by atoms with Crippen LogP contribution in [0.4, 0.5) is 4.79 Å². The molecule has 0 saturated heterocycles. The van der Waals surface area contributed by atoms with Gasteiger partial charge < -0.3 is 14.9 Å². The molecule has 0 heterocycles. The van der Waals surface area contributed by atoms with Gasteiger partial charge in [0.1, 0.15) is 5.60 Å². The number of carbonyl (C=O) groups is 1. The van der Waals surface area contributed by atoms with Gasteiger partial charge >= 0.3 is 6.09 Å². The first-order chi connectivity index (χ1) is 9.28. The summed E-state index contributed by atoms with van der Waals surface area (Å²) in [6.45, 7) is 6.00. The van der Waals surface area contributed by atoms with Crippen molar-refractivity contribution < 1.29 is 19.5 Å². The van der Waals surface area contributed by atoms with Crippen LogP contribution < -0.4 is 5.32 Å². The van der Waals surface area contributed by atoms with E-state index in [4.69, 9.17) is 4.74 Å². The van der Waals surface area contributed by atoms with Crippen molar-refractivity contribution in [2.45, 2.75) is 52.1 Å². The first-order valence-electron chi connectivity index (χ1n) is 7.02. The molecule has 1 aliphatic carbocycles. The van der Waals surface area contributed by atoms with E-state index in [9.17, 15) is 14.9 Å². The minimum absolute atomic E-state index is 0.105. The predicted octanol–water partition coefficient (Wildman–Crippen LogP) is 2.53. The fourth-order valence-corrected chi connectivity index (χ4v) is 2.46. The molecule has 7 heteroatoms. The van der Waals surface area contributed by atoms with Crippen LogP contribution in [0.3, 0.4) is 0 Å². The second-order valence-corrected chi connectivity index (χ2v) is 6.21. The third-order valence-electron chi connectivity index (χ3n) is 3.37. The van der Waals surface area contributed by atoms with Crippen LogP contribution in [-0.2, 0) is 9.57 Å². The molecule has 0 aromatic carbocycles. The highest BCUT2D eigenvalue weighted by atomic mass is 16.9. The van der Waals surface area contributed by atoms with Gasteiger partial charge in [0, 0.05) is 6.54 Å². The van der Waals surface area contributed by atoms with Crippen LogP contribution in [-0.4, -0.2) is 29.9 Å². The standard InChI is InChI=1S/C13H24N2O5/c1-13(2,3)20-12(16)14-8-10-6-4-5-7-11(10)9-19-15(17)18/h10-11H,4-9H2,1-3H3,(H,14,16). The van der Waals surface area contributed by atoms with Gasteiger partial charge in [0.25, 0.3) is 5.09 Å². The minimum atomic E-state index is -0.757. The van der Waals surface area contributed by atoms with E-state index >= 15 is 0 Å². The molecule has 0 aromatic heterocycles. The van der Waals surface area contributed by atoms with Crippen LogP contribution in [0.5, 0.6) is 0 Å². The minimum Gasteiger partial charge on any atom is -0.444 e. The van der Waals surface area contributed by atoms with Gasteiger partial charge in [-0.2, -0.15) is 0 Å². The zero-order chi connectivity index (χ0) is 15.2. The van der Waals surface area contributed by atoms with Gasteiger partial charge in [0.15, 0.2) is 0 Å². The van der Waals surface area contributed by atoms with Crippen LogP contribution in [0.1, 0.15) is 46.5 Å². The molecule has 1 rings (SSSR count). The summed E-state index contributed by atoms with van der Waals surface area (Å²) in [7, 11) is 0. The number of rotatable bonds is 5. The topological polar surface area (TPSA) is 90.7 Å². The quantitative estimate of drug-likeness (QED) is 0.620. The summed E-state index contributed by atoms with van der Waals surface area (Å²) in [5, 5.41) is 12.2. The number of amides is 1. The Hall–Kier alpha value is -1.53. The van der Waals surface area contributed by atoms with Crippen LogP contribution in [0.25, 0.3) is 0 Å². The monoisotopic (exact) mass is 288 g/mol. The maximum atomic E-state index is 11.6. The molecule has 116 valence electrons. The molecule has 1 saturated carbocycles. The Kier molecular flexibility index (Phi) is 6.04. The van der Waals surface area contributed by atoms with Gasteiger partial charge in [-0.05, 0) is 45.4 Å². The van der Waals surface area contributed by atoms with E-state index in [-0.39, 0.29) is 18.4 Å². The summed E-state index contributed by atoms with van der Waals surface area (Å²) < 4.78 is 5.17. The lowest BCUT2D eigenvalue weighted by Gasteiger charge is -2.31. The number of hydrogen-bond acceptors (Lipinski definition) is 5. The van der Waals surface area contributed by atoms with Crippen molar-refractivity contribution in [1.29, 1.82) is 0 Å². The first kappa shape index (κ1) is 16.5. The molecule has 2 unspecified atom stereocenters. The fourth-order valence-electron chi connectivity index (χ4n) is 2.46. The number of nitrogens with zero attached hydrogens (tertiary/aromatic N) is 1. The summed E-state index contributed by atoms with van der Waals surface area (Å²) in [6.07, 6.45) is 3.53.